The highest BCUT2D eigenvalue weighted by molar-refractivity contribution is 6.33. The summed E-state index contributed by atoms with van der Waals surface area (Å²) in [5.41, 5.74) is 2.04. The second-order valence-electron chi connectivity index (χ2n) is 3.55. The van der Waals surface area contributed by atoms with Crippen LogP contribution < -0.4 is 0 Å². The summed E-state index contributed by atoms with van der Waals surface area (Å²) in [6.07, 6.45) is 3.04. The smallest absolute Gasteiger partial charge is 0.261 e. The lowest BCUT2D eigenvalue weighted by Gasteiger charge is -2.08. The summed E-state index contributed by atoms with van der Waals surface area (Å²) >= 11 is 0. The molecule has 0 aliphatic carbocycles. The largest absolute Gasteiger partial charge is 0.278 e. The molecule has 80 valence electrons. The van der Waals surface area contributed by atoms with Crippen LogP contribution in [0, 0.1) is 0 Å². The zero-order valence-electron chi connectivity index (χ0n) is 8.93. The van der Waals surface area contributed by atoms with Crippen LogP contribution in [-0.2, 0) is 9.59 Å². The molecule has 1 heterocycles. The first-order chi connectivity index (χ1) is 7.65. The van der Waals surface area contributed by atoms with Gasteiger partial charge in [0.1, 0.15) is 0 Å². The van der Waals surface area contributed by atoms with Gasteiger partial charge in [-0.2, -0.15) is 0 Å². The van der Waals surface area contributed by atoms with Gasteiger partial charge < -0.3 is 0 Å². The van der Waals surface area contributed by atoms with E-state index in [1.165, 1.54) is 13.1 Å². The molecule has 1 aromatic rings. The van der Waals surface area contributed by atoms with E-state index < -0.39 is 0 Å². The minimum Gasteiger partial charge on any atom is -0.278 e. The highest BCUT2D eigenvalue weighted by Crippen LogP contribution is 2.25. The van der Waals surface area contributed by atoms with E-state index >= 15 is 0 Å². The minimum absolute atomic E-state index is 0.265. The van der Waals surface area contributed by atoms with E-state index in [0.29, 0.717) is 5.57 Å². The van der Waals surface area contributed by atoms with Crippen molar-refractivity contribution in [2.45, 2.75) is 0 Å². The van der Waals surface area contributed by atoms with Crippen molar-refractivity contribution >= 4 is 23.5 Å². The summed E-state index contributed by atoms with van der Waals surface area (Å²) in [5.74, 6) is -0.543. The van der Waals surface area contributed by atoms with Gasteiger partial charge in [0, 0.05) is 13.1 Å². The van der Waals surface area contributed by atoms with Crippen LogP contribution in [0.2, 0.25) is 0 Å². The molecule has 2 amide bonds. The molecule has 0 N–H and O–H groups in total. The predicted molar refractivity (Wildman–Crippen MR) is 62.3 cm³/mol. The monoisotopic (exact) mass is 213 g/mol. The summed E-state index contributed by atoms with van der Waals surface area (Å²) in [6, 6.07) is 7.37. The maximum absolute atomic E-state index is 11.8. The topological polar surface area (TPSA) is 37.4 Å². The SMILES string of the molecule is C=Cc1ccccc1C1=CC(=O)N(C)C1=O. The summed E-state index contributed by atoms with van der Waals surface area (Å²) < 4.78 is 0. The van der Waals surface area contributed by atoms with Crippen molar-refractivity contribution in [2.24, 2.45) is 0 Å². The van der Waals surface area contributed by atoms with Crippen LogP contribution in [-0.4, -0.2) is 23.8 Å². The van der Waals surface area contributed by atoms with Gasteiger partial charge in [-0.15, -0.1) is 0 Å². The van der Waals surface area contributed by atoms with E-state index in [1.807, 2.05) is 24.3 Å². The molecule has 0 fully saturated rings. The minimum atomic E-state index is -0.279. The zero-order valence-corrected chi connectivity index (χ0v) is 8.93. The fourth-order valence-corrected chi connectivity index (χ4v) is 1.68. The predicted octanol–water partition coefficient (Wildman–Crippen LogP) is 1.71. The summed E-state index contributed by atoms with van der Waals surface area (Å²) in [4.78, 5) is 24.3. The van der Waals surface area contributed by atoms with Crippen LogP contribution in [0.25, 0.3) is 11.6 Å². The van der Waals surface area contributed by atoms with Crippen LogP contribution in [0.5, 0.6) is 0 Å². The number of benzene rings is 1. The second kappa shape index (κ2) is 3.77. The lowest BCUT2D eigenvalue weighted by atomic mass is 10.00. The number of likely N-dealkylation sites (N-methyl/N-ethyl adjacent to an activating group) is 1. The molecule has 3 heteroatoms. The number of hydrogen-bond donors (Lipinski definition) is 0. The van der Waals surface area contributed by atoms with Gasteiger partial charge in [0.15, 0.2) is 0 Å². The Hall–Kier alpha value is -2.16. The van der Waals surface area contributed by atoms with Gasteiger partial charge >= 0.3 is 0 Å². The van der Waals surface area contributed by atoms with Gasteiger partial charge in [-0.1, -0.05) is 36.9 Å². The number of rotatable bonds is 2. The third kappa shape index (κ3) is 1.46. The summed E-state index contributed by atoms with van der Waals surface area (Å²) in [6.45, 7) is 3.69. The van der Waals surface area contributed by atoms with Crippen LogP contribution >= 0.6 is 0 Å². The van der Waals surface area contributed by atoms with Gasteiger partial charge in [0.2, 0.25) is 0 Å². The van der Waals surface area contributed by atoms with Gasteiger partial charge in [0.25, 0.3) is 11.8 Å². The maximum atomic E-state index is 11.8. The molecule has 16 heavy (non-hydrogen) atoms. The van der Waals surface area contributed by atoms with Crippen molar-refractivity contribution in [3.8, 4) is 0 Å². The number of nitrogens with zero attached hydrogens (tertiary/aromatic N) is 1. The molecule has 0 unspecified atom stereocenters. The number of amides is 2. The van der Waals surface area contributed by atoms with E-state index in [9.17, 15) is 9.59 Å². The van der Waals surface area contributed by atoms with Crippen molar-refractivity contribution in [1.82, 2.24) is 4.90 Å². The van der Waals surface area contributed by atoms with Crippen molar-refractivity contribution in [1.29, 1.82) is 0 Å². The molecule has 1 aliphatic heterocycles. The molecule has 0 saturated carbocycles. The molecule has 3 nitrogen and oxygen atoms in total. The molecule has 0 atom stereocenters. The molecule has 1 aromatic carbocycles. The molecule has 1 aliphatic rings. The van der Waals surface area contributed by atoms with E-state index in [0.717, 1.165) is 16.0 Å². The molecule has 0 bridgehead atoms. The molecule has 0 radical (unpaired) electrons. The zero-order chi connectivity index (χ0) is 11.7. The van der Waals surface area contributed by atoms with Crippen LogP contribution in [0.15, 0.2) is 36.9 Å². The molecule has 2 rings (SSSR count). The molecule has 0 aromatic heterocycles. The van der Waals surface area contributed by atoms with Crippen LogP contribution in [0.1, 0.15) is 11.1 Å². The average molecular weight is 213 g/mol. The van der Waals surface area contributed by atoms with E-state index in [2.05, 4.69) is 6.58 Å². The first-order valence-electron chi connectivity index (χ1n) is 4.90. The standard InChI is InChI=1S/C13H11NO2/c1-3-9-6-4-5-7-10(9)11-8-12(15)14(2)13(11)16/h3-8H,1H2,2H3. The van der Waals surface area contributed by atoms with Gasteiger partial charge in [0.05, 0.1) is 5.57 Å². The Kier molecular flexibility index (Phi) is 2.44. The lowest BCUT2D eigenvalue weighted by molar-refractivity contribution is -0.134. The van der Waals surface area contributed by atoms with Crippen molar-refractivity contribution < 1.29 is 9.59 Å². The molecular weight excluding hydrogens is 202 g/mol. The van der Waals surface area contributed by atoms with Gasteiger partial charge in [-0.05, 0) is 11.1 Å². The Morgan fingerprint density at radius 3 is 2.50 bits per heavy atom. The van der Waals surface area contributed by atoms with Crippen LogP contribution in [0.4, 0.5) is 0 Å². The third-order valence-corrected chi connectivity index (χ3v) is 2.60. The Morgan fingerprint density at radius 1 is 1.25 bits per heavy atom. The highest BCUT2D eigenvalue weighted by Gasteiger charge is 2.29. The Balaban J connectivity index is 2.54. The number of hydrogen-bond acceptors (Lipinski definition) is 2. The Morgan fingerprint density at radius 2 is 1.94 bits per heavy atom. The highest BCUT2D eigenvalue weighted by atomic mass is 16.2. The van der Waals surface area contributed by atoms with Crippen molar-refractivity contribution in [3.05, 3.63) is 48.0 Å². The van der Waals surface area contributed by atoms with Crippen molar-refractivity contribution in [2.75, 3.05) is 7.05 Å². The first-order valence-corrected chi connectivity index (χ1v) is 4.90. The number of imide groups is 1. The van der Waals surface area contributed by atoms with E-state index in [-0.39, 0.29) is 11.8 Å². The fraction of sp³-hybridized carbons (Fsp3) is 0.0769. The van der Waals surface area contributed by atoms with Crippen molar-refractivity contribution in [3.63, 3.8) is 0 Å². The van der Waals surface area contributed by atoms with Gasteiger partial charge in [-0.25, -0.2) is 0 Å². The van der Waals surface area contributed by atoms with E-state index in [4.69, 9.17) is 0 Å². The van der Waals surface area contributed by atoms with Gasteiger partial charge in [-0.3, -0.25) is 14.5 Å². The number of carbonyl (C=O) groups is 2. The quantitative estimate of drug-likeness (QED) is 0.701. The normalized spacial score (nSPS) is 15.3. The molecule has 0 saturated heterocycles. The third-order valence-electron chi connectivity index (χ3n) is 2.60. The Bertz CT molecular complexity index is 514. The summed E-state index contributed by atoms with van der Waals surface area (Å²) in [5, 5.41) is 0. The maximum Gasteiger partial charge on any atom is 0.261 e. The summed E-state index contributed by atoms with van der Waals surface area (Å²) in [7, 11) is 1.48. The lowest BCUT2D eigenvalue weighted by Crippen LogP contribution is -2.25. The molecular formula is C13H11NO2. The number of carbonyl (C=O) groups excluding carboxylic acids is 2. The fourth-order valence-electron chi connectivity index (χ4n) is 1.68. The molecule has 0 spiro atoms. The second-order valence-corrected chi connectivity index (χ2v) is 3.55. The Labute approximate surface area is 93.7 Å². The first kappa shape index (κ1) is 10.4. The van der Waals surface area contributed by atoms with E-state index in [1.54, 1.807) is 6.08 Å². The van der Waals surface area contributed by atoms with Crippen LogP contribution in [0.3, 0.4) is 0 Å². The average Bonchev–Trinajstić information content (AvgIpc) is 2.57.